The Morgan fingerprint density at radius 3 is 2.58 bits per heavy atom. The number of aliphatic carboxylic acids is 1. The molecule has 2 amide bonds. The van der Waals surface area contributed by atoms with E-state index in [-0.39, 0.29) is 24.0 Å². The number of hydrogen-bond donors (Lipinski definition) is 3. The number of carboxylic acid groups (broad SMARTS) is 1. The Bertz CT molecular complexity index is 335. The number of rotatable bonds is 4. The van der Waals surface area contributed by atoms with Crippen LogP contribution in [-0.2, 0) is 4.79 Å². The number of amides is 2. The molecule has 1 aliphatic heterocycles. The van der Waals surface area contributed by atoms with Crippen molar-refractivity contribution >= 4 is 12.0 Å². The van der Waals surface area contributed by atoms with Gasteiger partial charge in [0.2, 0.25) is 0 Å². The van der Waals surface area contributed by atoms with E-state index in [4.69, 9.17) is 5.11 Å². The number of aliphatic hydroxyl groups is 1. The molecule has 19 heavy (non-hydrogen) atoms. The molecule has 1 saturated heterocycles. The highest BCUT2D eigenvalue weighted by Gasteiger charge is 2.31. The number of piperidine rings is 1. The first-order valence-electron chi connectivity index (χ1n) is 6.83. The Morgan fingerprint density at radius 1 is 1.47 bits per heavy atom. The van der Waals surface area contributed by atoms with Crippen LogP contribution in [0.1, 0.15) is 33.6 Å². The van der Waals surface area contributed by atoms with E-state index in [9.17, 15) is 14.7 Å². The predicted octanol–water partition coefficient (Wildman–Crippen LogP) is 0.898. The molecule has 0 aliphatic carbocycles. The summed E-state index contributed by atoms with van der Waals surface area (Å²) >= 11 is 0. The third-order valence-electron chi connectivity index (χ3n) is 3.91. The monoisotopic (exact) mass is 272 g/mol. The van der Waals surface area contributed by atoms with Gasteiger partial charge in [0.15, 0.2) is 0 Å². The number of aliphatic hydroxyl groups excluding tert-OH is 1. The van der Waals surface area contributed by atoms with E-state index in [2.05, 4.69) is 5.32 Å². The lowest BCUT2D eigenvalue weighted by Crippen LogP contribution is -2.54. The topological polar surface area (TPSA) is 89.9 Å². The number of carbonyl (C=O) groups excluding carboxylic acids is 1. The number of nitrogens with one attached hydrogen (secondary N) is 1. The van der Waals surface area contributed by atoms with Gasteiger partial charge in [-0.05, 0) is 18.3 Å². The van der Waals surface area contributed by atoms with Crippen molar-refractivity contribution in [2.24, 2.45) is 11.8 Å². The second-order valence-electron chi connectivity index (χ2n) is 5.43. The molecule has 2 unspecified atom stereocenters. The fourth-order valence-electron chi connectivity index (χ4n) is 2.23. The number of carbonyl (C=O) groups is 2. The highest BCUT2D eigenvalue weighted by molar-refractivity contribution is 5.82. The Hall–Kier alpha value is -1.30. The highest BCUT2D eigenvalue weighted by Crippen LogP contribution is 2.17. The van der Waals surface area contributed by atoms with Gasteiger partial charge in [-0.15, -0.1) is 0 Å². The molecule has 0 bridgehead atoms. The quantitative estimate of drug-likeness (QED) is 0.709. The molecule has 1 rings (SSSR count). The van der Waals surface area contributed by atoms with Gasteiger partial charge in [-0.3, -0.25) is 0 Å². The van der Waals surface area contributed by atoms with Crippen LogP contribution in [0.4, 0.5) is 4.79 Å². The average molecular weight is 272 g/mol. The van der Waals surface area contributed by atoms with Crippen molar-refractivity contribution in [3.05, 3.63) is 0 Å². The minimum Gasteiger partial charge on any atom is -0.480 e. The smallest absolute Gasteiger partial charge is 0.326 e. The summed E-state index contributed by atoms with van der Waals surface area (Å²) in [6.07, 6.45) is 0.844. The molecule has 0 aromatic rings. The summed E-state index contributed by atoms with van der Waals surface area (Å²) < 4.78 is 0. The van der Waals surface area contributed by atoms with Crippen LogP contribution in [0, 0.1) is 11.8 Å². The van der Waals surface area contributed by atoms with Gasteiger partial charge in [-0.2, -0.15) is 0 Å². The lowest BCUT2D eigenvalue weighted by Gasteiger charge is -2.35. The van der Waals surface area contributed by atoms with Crippen molar-refractivity contribution in [2.75, 3.05) is 13.1 Å². The number of hydrogen-bond acceptors (Lipinski definition) is 3. The molecule has 110 valence electrons. The van der Waals surface area contributed by atoms with Crippen molar-refractivity contribution in [1.82, 2.24) is 10.2 Å². The summed E-state index contributed by atoms with van der Waals surface area (Å²) in [5, 5.41) is 21.3. The molecule has 6 nitrogen and oxygen atoms in total. The van der Waals surface area contributed by atoms with Gasteiger partial charge in [-0.25, -0.2) is 9.59 Å². The Kier molecular flexibility index (Phi) is 5.60. The summed E-state index contributed by atoms with van der Waals surface area (Å²) in [6, 6.07) is -1.22. The van der Waals surface area contributed by atoms with E-state index in [1.165, 1.54) is 0 Å². The molecular formula is C13H24N2O4. The fourth-order valence-corrected chi connectivity index (χ4v) is 2.23. The standard InChI is InChI=1S/C13H24N2O4/c1-4-8(2)11(12(17)18)14-13(19)15-6-5-10(16)9(3)7-15/h8-11,16H,4-7H2,1-3H3,(H,14,19)(H,17,18)/t8-,9?,10?,11-/m0/s1. The molecule has 0 spiro atoms. The number of nitrogens with zero attached hydrogens (tertiary/aromatic N) is 1. The molecule has 4 atom stereocenters. The second-order valence-corrected chi connectivity index (χ2v) is 5.43. The van der Waals surface area contributed by atoms with Crippen LogP contribution in [0.2, 0.25) is 0 Å². The molecule has 1 fully saturated rings. The van der Waals surface area contributed by atoms with E-state index < -0.39 is 12.0 Å². The average Bonchev–Trinajstić information content (AvgIpc) is 2.37. The third kappa shape index (κ3) is 4.09. The fraction of sp³-hybridized carbons (Fsp3) is 0.846. The van der Waals surface area contributed by atoms with E-state index in [0.29, 0.717) is 25.9 Å². The summed E-state index contributed by atoms with van der Waals surface area (Å²) in [5.41, 5.74) is 0. The minimum absolute atomic E-state index is 0.0198. The van der Waals surface area contributed by atoms with Gasteiger partial charge in [-0.1, -0.05) is 27.2 Å². The number of urea groups is 1. The zero-order chi connectivity index (χ0) is 14.6. The van der Waals surface area contributed by atoms with Crippen molar-refractivity contribution in [2.45, 2.75) is 45.8 Å². The maximum atomic E-state index is 12.1. The number of likely N-dealkylation sites (tertiary alicyclic amines) is 1. The van der Waals surface area contributed by atoms with Crippen molar-refractivity contribution in [3.8, 4) is 0 Å². The molecule has 0 aromatic heterocycles. The van der Waals surface area contributed by atoms with E-state index >= 15 is 0 Å². The Morgan fingerprint density at radius 2 is 2.11 bits per heavy atom. The highest BCUT2D eigenvalue weighted by atomic mass is 16.4. The zero-order valence-corrected chi connectivity index (χ0v) is 11.8. The van der Waals surface area contributed by atoms with Gasteiger partial charge < -0.3 is 20.4 Å². The van der Waals surface area contributed by atoms with Crippen LogP contribution >= 0.6 is 0 Å². The van der Waals surface area contributed by atoms with Crippen LogP contribution in [0.5, 0.6) is 0 Å². The van der Waals surface area contributed by atoms with Crippen molar-refractivity contribution < 1.29 is 19.8 Å². The summed E-state index contributed by atoms with van der Waals surface area (Å²) in [4.78, 5) is 24.8. The molecule has 0 aromatic carbocycles. The van der Waals surface area contributed by atoms with Crippen LogP contribution in [0.3, 0.4) is 0 Å². The van der Waals surface area contributed by atoms with Gasteiger partial charge in [0.1, 0.15) is 6.04 Å². The zero-order valence-electron chi connectivity index (χ0n) is 11.8. The first-order valence-corrected chi connectivity index (χ1v) is 6.83. The molecule has 6 heteroatoms. The molecular weight excluding hydrogens is 248 g/mol. The van der Waals surface area contributed by atoms with Gasteiger partial charge in [0.25, 0.3) is 0 Å². The number of carboxylic acids is 1. The summed E-state index contributed by atoms with van der Waals surface area (Å²) in [5.74, 6) is -1.10. The van der Waals surface area contributed by atoms with Crippen molar-refractivity contribution in [1.29, 1.82) is 0 Å². The predicted molar refractivity (Wildman–Crippen MR) is 70.8 cm³/mol. The first-order chi connectivity index (χ1) is 8.86. The Labute approximate surface area is 113 Å². The van der Waals surface area contributed by atoms with Crippen LogP contribution in [0.15, 0.2) is 0 Å². The molecule has 3 N–H and O–H groups in total. The lowest BCUT2D eigenvalue weighted by molar-refractivity contribution is -0.140. The molecule has 1 heterocycles. The van der Waals surface area contributed by atoms with Crippen LogP contribution in [-0.4, -0.2) is 52.3 Å². The van der Waals surface area contributed by atoms with Crippen LogP contribution in [0.25, 0.3) is 0 Å². The van der Waals surface area contributed by atoms with Gasteiger partial charge in [0, 0.05) is 13.1 Å². The molecule has 0 radical (unpaired) electrons. The molecule has 1 aliphatic rings. The first kappa shape index (κ1) is 15.8. The largest absolute Gasteiger partial charge is 0.480 e. The van der Waals surface area contributed by atoms with E-state index in [1.807, 2.05) is 20.8 Å². The summed E-state index contributed by atoms with van der Waals surface area (Å²) in [6.45, 7) is 6.51. The third-order valence-corrected chi connectivity index (χ3v) is 3.91. The van der Waals surface area contributed by atoms with Gasteiger partial charge in [0.05, 0.1) is 6.10 Å². The van der Waals surface area contributed by atoms with E-state index in [0.717, 1.165) is 0 Å². The Balaban J connectivity index is 2.60. The molecule has 0 saturated carbocycles. The van der Waals surface area contributed by atoms with E-state index in [1.54, 1.807) is 4.90 Å². The van der Waals surface area contributed by atoms with Crippen molar-refractivity contribution in [3.63, 3.8) is 0 Å². The SMILES string of the molecule is CC[C@H](C)[C@H](NC(=O)N1CCC(O)C(C)C1)C(=O)O. The van der Waals surface area contributed by atoms with Crippen LogP contribution < -0.4 is 5.32 Å². The maximum absolute atomic E-state index is 12.1. The van der Waals surface area contributed by atoms with Gasteiger partial charge >= 0.3 is 12.0 Å². The summed E-state index contributed by atoms with van der Waals surface area (Å²) in [7, 11) is 0. The maximum Gasteiger partial charge on any atom is 0.326 e. The second kappa shape index (κ2) is 6.75. The normalized spacial score (nSPS) is 26.6. The minimum atomic E-state index is -1.01. The lowest BCUT2D eigenvalue weighted by atomic mass is 9.96.